The van der Waals surface area contributed by atoms with E-state index >= 15 is 0 Å². The number of aromatic nitrogens is 1. The molecule has 0 amide bonds. The van der Waals surface area contributed by atoms with Crippen molar-refractivity contribution in [1.82, 2.24) is 4.98 Å². The monoisotopic (exact) mass is 187 g/mol. The normalized spacial score (nSPS) is 12.8. The average Bonchev–Trinajstić information content (AvgIpc) is 2.51. The van der Waals surface area contributed by atoms with E-state index < -0.39 is 5.97 Å². The maximum Gasteiger partial charge on any atom is 0.347 e. The number of methoxy groups -OCH3 is 1. The first-order valence-corrected chi connectivity index (χ1v) is 4.18. The lowest BCUT2D eigenvalue weighted by Gasteiger charge is -2.02. The van der Waals surface area contributed by atoms with E-state index in [1.54, 1.807) is 7.11 Å². The summed E-state index contributed by atoms with van der Waals surface area (Å²) in [6.45, 7) is 1.82. The van der Waals surface area contributed by atoms with Crippen LogP contribution in [0, 0.1) is 0 Å². The largest absolute Gasteiger partial charge is 0.477 e. The van der Waals surface area contributed by atoms with Gasteiger partial charge in [-0.05, 0) is 6.92 Å². The zero-order valence-corrected chi connectivity index (χ0v) is 7.59. The van der Waals surface area contributed by atoms with Crippen LogP contribution < -0.4 is 0 Å². The minimum Gasteiger partial charge on any atom is -0.477 e. The summed E-state index contributed by atoms with van der Waals surface area (Å²) in [4.78, 5) is 14.6. The zero-order chi connectivity index (χ0) is 9.14. The Bertz CT molecular complexity index is 284. The molecule has 4 nitrogen and oxygen atoms in total. The molecule has 1 N–H and O–H groups in total. The van der Waals surface area contributed by atoms with Gasteiger partial charge in [0.1, 0.15) is 16.0 Å². The van der Waals surface area contributed by atoms with Gasteiger partial charge in [-0.3, -0.25) is 0 Å². The number of carboxylic acids is 1. The first-order valence-electron chi connectivity index (χ1n) is 3.37. The standard InChI is InChI=1S/C7H9NO3S/c1-4(11-2)6-8-3-5(12-6)7(9)10/h3-4H,1-2H3,(H,9,10)/t4-/m0/s1. The molecule has 0 aromatic carbocycles. The fourth-order valence-electron chi connectivity index (χ4n) is 0.675. The molecule has 1 aromatic heterocycles. The molecule has 0 spiro atoms. The van der Waals surface area contributed by atoms with E-state index in [-0.39, 0.29) is 11.0 Å². The Kier molecular flexibility index (Phi) is 2.78. The molecule has 0 unspecified atom stereocenters. The minimum atomic E-state index is -0.943. The first kappa shape index (κ1) is 9.15. The Morgan fingerprint density at radius 3 is 2.92 bits per heavy atom. The predicted octanol–water partition coefficient (Wildman–Crippen LogP) is 1.55. The van der Waals surface area contributed by atoms with Crippen LogP contribution in [-0.2, 0) is 4.74 Å². The summed E-state index contributed by atoms with van der Waals surface area (Å²) >= 11 is 1.14. The Balaban J connectivity index is 2.84. The highest BCUT2D eigenvalue weighted by atomic mass is 32.1. The number of hydrogen-bond acceptors (Lipinski definition) is 4. The maximum atomic E-state index is 10.5. The van der Waals surface area contributed by atoms with Crippen molar-refractivity contribution in [3.8, 4) is 0 Å². The van der Waals surface area contributed by atoms with Gasteiger partial charge in [-0.15, -0.1) is 11.3 Å². The van der Waals surface area contributed by atoms with Gasteiger partial charge in [0.05, 0.1) is 6.20 Å². The van der Waals surface area contributed by atoms with E-state index in [4.69, 9.17) is 9.84 Å². The van der Waals surface area contributed by atoms with Crippen molar-refractivity contribution < 1.29 is 14.6 Å². The third kappa shape index (κ3) is 1.80. The number of aromatic carboxylic acids is 1. The Hall–Kier alpha value is -0.940. The van der Waals surface area contributed by atoms with Crippen LogP contribution in [0.25, 0.3) is 0 Å². The molecule has 1 atom stereocenters. The SMILES string of the molecule is CO[C@@H](C)c1ncc(C(=O)O)s1. The van der Waals surface area contributed by atoms with Crippen LogP contribution in [0.15, 0.2) is 6.20 Å². The van der Waals surface area contributed by atoms with Gasteiger partial charge in [-0.1, -0.05) is 0 Å². The summed E-state index contributed by atoms with van der Waals surface area (Å²) in [5.74, 6) is -0.943. The molecule has 1 aromatic rings. The molecule has 0 aliphatic rings. The summed E-state index contributed by atoms with van der Waals surface area (Å²) < 4.78 is 4.98. The summed E-state index contributed by atoms with van der Waals surface area (Å²) in [5.41, 5.74) is 0. The molecule has 12 heavy (non-hydrogen) atoms. The van der Waals surface area contributed by atoms with Crippen molar-refractivity contribution >= 4 is 17.3 Å². The molecular weight excluding hydrogens is 178 g/mol. The lowest BCUT2D eigenvalue weighted by molar-refractivity contribution is 0.0702. The number of carbonyl (C=O) groups is 1. The lowest BCUT2D eigenvalue weighted by Crippen LogP contribution is -1.93. The van der Waals surface area contributed by atoms with E-state index in [1.807, 2.05) is 6.92 Å². The van der Waals surface area contributed by atoms with Gasteiger partial charge < -0.3 is 9.84 Å². The minimum absolute atomic E-state index is 0.136. The Labute approximate surface area is 73.8 Å². The van der Waals surface area contributed by atoms with Gasteiger partial charge in [0.2, 0.25) is 0 Å². The molecule has 0 aliphatic carbocycles. The second kappa shape index (κ2) is 3.64. The second-order valence-electron chi connectivity index (χ2n) is 2.25. The quantitative estimate of drug-likeness (QED) is 0.779. The van der Waals surface area contributed by atoms with E-state index in [9.17, 15) is 4.79 Å². The van der Waals surface area contributed by atoms with E-state index in [0.29, 0.717) is 5.01 Å². The fourth-order valence-corrected chi connectivity index (χ4v) is 1.46. The summed E-state index contributed by atoms with van der Waals surface area (Å²) in [6, 6.07) is 0. The third-order valence-corrected chi connectivity index (χ3v) is 2.58. The summed E-state index contributed by atoms with van der Waals surface area (Å²) in [5, 5.41) is 9.27. The Morgan fingerprint density at radius 2 is 2.50 bits per heavy atom. The van der Waals surface area contributed by atoms with Gasteiger partial charge >= 0.3 is 5.97 Å². The lowest BCUT2D eigenvalue weighted by atomic mass is 10.4. The highest BCUT2D eigenvalue weighted by molar-refractivity contribution is 7.13. The molecule has 1 rings (SSSR count). The molecule has 0 radical (unpaired) electrons. The van der Waals surface area contributed by atoms with Gasteiger partial charge in [-0.2, -0.15) is 0 Å². The van der Waals surface area contributed by atoms with Gasteiger partial charge in [0.25, 0.3) is 0 Å². The molecule has 0 saturated heterocycles. The van der Waals surface area contributed by atoms with Crippen LogP contribution in [0.4, 0.5) is 0 Å². The molecule has 0 saturated carbocycles. The number of nitrogens with zero attached hydrogens (tertiary/aromatic N) is 1. The molecule has 0 aliphatic heterocycles. The summed E-state index contributed by atoms with van der Waals surface area (Å²) in [6.07, 6.45) is 1.21. The van der Waals surface area contributed by atoms with Crippen molar-refractivity contribution in [3.05, 3.63) is 16.1 Å². The number of hydrogen-bond donors (Lipinski definition) is 1. The third-order valence-electron chi connectivity index (χ3n) is 1.44. The molecule has 66 valence electrons. The average molecular weight is 187 g/mol. The van der Waals surface area contributed by atoms with E-state index in [2.05, 4.69) is 4.98 Å². The van der Waals surface area contributed by atoms with E-state index in [0.717, 1.165) is 11.3 Å². The van der Waals surface area contributed by atoms with Crippen LogP contribution >= 0.6 is 11.3 Å². The van der Waals surface area contributed by atoms with Crippen molar-refractivity contribution in [3.63, 3.8) is 0 Å². The Morgan fingerprint density at radius 1 is 1.83 bits per heavy atom. The van der Waals surface area contributed by atoms with Crippen molar-refractivity contribution in [2.24, 2.45) is 0 Å². The second-order valence-corrected chi connectivity index (χ2v) is 3.31. The number of carboxylic acid groups (broad SMARTS) is 1. The number of ether oxygens (including phenoxy) is 1. The van der Waals surface area contributed by atoms with Crippen LogP contribution in [0.5, 0.6) is 0 Å². The maximum absolute atomic E-state index is 10.5. The smallest absolute Gasteiger partial charge is 0.347 e. The highest BCUT2D eigenvalue weighted by Crippen LogP contribution is 2.21. The van der Waals surface area contributed by atoms with E-state index in [1.165, 1.54) is 6.20 Å². The zero-order valence-electron chi connectivity index (χ0n) is 6.77. The van der Waals surface area contributed by atoms with Gasteiger partial charge in [-0.25, -0.2) is 9.78 Å². The molecule has 0 bridgehead atoms. The van der Waals surface area contributed by atoms with Crippen molar-refractivity contribution in [1.29, 1.82) is 0 Å². The van der Waals surface area contributed by atoms with Gasteiger partial charge in [0, 0.05) is 7.11 Å². The predicted molar refractivity (Wildman–Crippen MR) is 44.5 cm³/mol. The van der Waals surface area contributed by atoms with Crippen molar-refractivity contribution in [2.75, 3.05) is 7.11 Å². The first-order chi connectivity index (χ1) is 5.65. The number of rotatable bonds is 3. The topological polar surface area (TPSA) is 59.4 Å². The summed E-state index contributed by atoms with van der Waals surface area (Å²) in [7, 11) is 1.56. The highest BCUT2D eigenvalue weighted by Gasteiger charge is 2.12. The molecule has 5 heteroatoms. The molecule has 0 fully saturated rings. The fraction of sp³-hybridized carbons (Fsp3) is 0.429. The van der Waals surface area contributed by atoms with Crippen LogP contribution in [0.1, 0.15) is 27.7 Å². The van der Waals surface area contributed by atoms with Crippen molar-refractivity contribution in [2.45, 2.75) is 13.0 Å². The molecule has 1 heterocycles. The molecular formula is C7H9NO3S. The van der Waals surface area contributed by atoms with Crippen LogP contribution in [0.2, 0.25) is 0 Å². The van der Waals surface area contributed by atoms with Crippen LogP contribution in [0.3, 0.4) is 0 Å². The van der Waals surface area contributed by atoms with Gasteiger partial charge in [0.15, 0.2) is 0 Å². The number of thiazole rings is 1. The van der Waals surface area contributed by atoms with Crippen LogP contribution in [-0.4, -0.2) is 23.2 Å².